The number of carboxylic acid groups (broad SMARTS) is 1. The van der Waals surface area contributed by atoms with Crippen molar-refractivity contribution >= 4 is 17.7 Å². The molecule has 0 fully saturated rings. The lowest BCUT2D eigenvalue weighted by Gasteiger charge is -2.32. The lowest BCUT2D eigenvalue weighted by atomic mass is 9.95. The summed E-state index contributed by atoms with van der Waals surface area (Å²) in [6.07, 6.45) is -1.34. The Bertz CT molecular complexity index is 465. The number of nitrogens with zero attached hydrogens (tertiary/aromatic N) is 1. The number of rotatable bonds is 1. The molecule has 0 unspecified atom stereocenters. The molecule has 0 atom stereocenters. The number of benzene rings is 1. The number of hydrogen-bond acceptors (Lipinski definition) is 1. The van der Waals surface area contributed by atoms with Gasteiger partial charge in [-0.05, 0) is 11.1 Å². The van der Waals surface area contributed by atoms with Crippen molar-refractivity contribution in [1.29, 1.82) is 0 Å². The molecule has 0 spiro atoms. The zero-order chi connectivity index (χ0) is 12.6. The first-order valence-corrected chi connectivity index (χ1v) is 5.51. The number of hydrogen-bond donors (Lipinski definition) is 1. The van der Waals surface area contributed by atoms with Gasteiger partial charge in [0, 0.05) is 18.0 Å². The maximum atomic E-state index is 13.7. The SMILES string of the molecule is O=C(O)N1Cc2cc(CCl)ccc2C(F)(F)C1. The molecule has 0 radical (unpaired) electrons. The van der Waals surface area contributed by atoms with Crippen molar-refractivity contribution in [2.75, 3.05) is 6.54 Å². The second-order valence-electron chi connectivity index (χ2n) is 3.97. The van der Waals surface area contributed by atoms with Crippen molar-refractivity contribution in [1.82, 2.24) is 4.90 Å². The molecule has 0 aromatic heterocycles. The Kier molecular flexibility index (Phi) is 2.95. The Labute approximate surface area is 102 Å². The van der Waals surface area contributed by atoms with Crippen LogP contribution in [-0.2, 0) is 18.3 Å². The third-order valence-corrected chi connectivity index (χ3v) is 3.05. The Balaban J connectivity index is 2.45. The smallest absolute Gasteiger partial charge is 0.407 e. The van der Waals surface area contributed by atoms with Crippen LogP contribution in [-0.4, -0.2) is 22.6 Å². The van der Waals surface area contributed by atoms with Crippen LogP contribution in [0, 0.1) is 0 Å². The quantitative estimate of drug-likeness (QED) is 0.790. The van der Waals surface area contributed by atoms with Gasteiger partial charge in [0.05, 0.1) is 6.54 Å². The van der Waals surface area contributed by atoms with Gasteiger partial charge in [-0.1, -0.05) is 18.2 Å². The molecule has 0 saturated carbocycles. The van der Waals surface area contributed by atoms with E-state index >= 15 is 0 Å². The Morgan fingerprint density at radius 2 is 2.24 bits per heavy atom. The Morgan fingerprint density at radius 3 is 2.82 bits per heavy atom. The summed E-state index contributed by atoms with van der Waals surface area (Å²) < 4.78 is 27.4. The molecule has 6 heteroatoms. The van der Waals surface area contributed by atoms with Crippen molar-refractivity contribution in [2.45, 2.75) is 18.3 Å². The average Bonchev–Trinajstić information content (AvgIpc) is 2.27. The molecule has 1 aliphatic heterocycles. The number of fused-ring (bicyclic) bond motifs is 1. The van der Waals surface area contributed by atoms with Gasteiger partial charge in [0.15, 0.2) is 0 Å². The zero-order valence-corrected chi connectivity index (χ0v) is 9.55. The monoisotopic (exact) mass is 261 g/mol. The van der Waals surface area contributed by atoms with Crippen LogP contribution >= 0.6 is 11.6 Å². The topological polar surface area (TPSA) is 40.5 Å². The summed E-state index contributed by atoms with van der Waals surface area (Å²) in [5, 5.41) is 8.79. The fourth-order valence-corrected chi connectivity index (χ4v) is 2.11. The summed E-state index contributed by atoms with van der Waals surface area (Å²) in [5.74, 6) is -2.93. The molecule has 17 heavy (non-hydrogen) atoms. The molecule has 1 aromatic rings. The number of halogens is 3. The molecule has 3 nitrogen and oxygen atoms in total. The summed E-state index contributed by atoms with van der Waals surface area (Å²) in [6, 6.07) is 4.40. The van der Waals surface area contributed by atoms with Gasteiger partial charge in [0.1, 0.15) is 0 Å². The second-order valence-corrected chi connectivity index (χ2v) is 4.24. The highest BCUT2D eigenvalue weighted by molar-refractivity contribution is 6.17. The normalized spacial score (nSPS) is 17.7. The fourth-order valence-electron chi connectivity index (χ4n) is 1.94. The van der Waals surface area contributed by atoms with Crippen molar-refractivity contribution in [3.8, 4) is 0 Å². The lowest BCUT2D eigenvalue weighted by molar-refractivity contribution is -0.0463. The van der Waals surface area contributed by atoms with E-state index in [1.165, 1.54) is 18.2 Å². The molecular weight excluding hydrogens is 252 g/mol. The molecule has 92 valence electrons. The minimum absolute atomic E-state index is 0.0228. The van der Waals surface area contributed by atoms with Gasteiger partial charge >= 0.3 is 6.09 Å². The molecule has 1 heterocycles. The van der Waals surface area contributed by atoms with Gasteiger partial charge in [0.25, 0.3) is 5.92 Å². The fraction of sp³-hybridized carbons (Fsp3) is 0.364. The highest BCUT2D eigenvalue weighted by atomic mass is 35.5. The van der Waals surface area contributed by atoms with Gasteiger partial charge in [-0.3, -0.25) is 4.90 Å². The predicted octanol–water partition coefficient (Wildman–Crippen LogP) is 3.01. The minimum atomic E-state index is -3.14. The van der Waals surface area contributed by atoms with Gasteiger partial charge in [-0.15, -0.1) is 11.6 Å². The number of alkyl halides is 3. The predicted molar refractivity (Wildman–Crippen MR) is 58.3 cm³/mol. The first-order valence-electron chi connectivity index (χ1n) is 4.98. The maximum absolute atomic E-state index is 13.7. The van der Waals surface area contributed by atoms with E-state index in [4.69, 9.17) is 16.7 Å². The van der Waals surface area contributed by atoms with E-state index in [0.717, 1.165) is 0 Å². The summed E-state index contributed by atoms with van der Waals surface area (Å²) in [6.45, 7) is -0.819. The minimum Gasteiger partial charge on any atom is -0.465 e. The van der Waals surface area contributed by atoms with Gasteiger partial charge in [-0.2, -0.15) is 8.78 Å². The molecule has 2 rings (SSSR count). The van der Waals surface area contributed by atoms with E-state index in [-0.39, 0.29) is 18.0 Å². The standard InChI is InChI=1S/C11H10ClF2NO2/c12-4-7-1-2-9-8(3-7)5-15(10(16)17)6-11(9,13)14/h1-3H,4-6H2,(H,16,17). The summed E-state index contributed by atoms with van der Waals surface area (Å²) >= 11 is 5.62. The Hall–Kier alpha value is -1.36. The summed E-state index contributed by atoms with van der Waals surface area (Å²) in [4.78, 5) is 11.5. The van der Waals surface area contributed by atoms with Gasteiger partial charge in [0.2, 0.25) is 0 Å². The van der Waals surface area contributed by atoms with Gasteiger partial charge < -0.3 is 5.11 Å². The van der Waals surface area contributed by atoms with Crippen molar-refractivity contribution < 1.29 is 18.7 Å². The molecule has 0 aliphatic carbocycles. The molecular formula is C11H10ClF2NO2. The van der Waals surface area contributed by atoms with Crippen LogP contribution in [0.5, 0.6) is 0 Å². The molecule has 1 N–H and O–H groups in total. The van der Waals surface area contributed by atoms with E-state index in [1.807, 2.05) is 0 Å². The molecule has 0 bridgehead atoms. The molecule has 1 aromatic carbocycles. The van der Waals surface area contributed by atoms with Crippen molar-refractivity contribution in [3.63, 3.8) is 0 Å². The van der Waals surface area contributed by atoms with Crippen molar-refractivity contribution in [2.24, 2.45) is 0 Å². The molecule has 0 saturated heterocycles. The van der Waals surface area contributed by atoms with E-state index in [1.54, 1.807) is 0 Å². The molecule has 1 aliphatic rings. The van der Waals surface area contributed by atoms with E-state index in [2.05, 4.69) is 0 Å². The van der Waals surface area contributed by atoms with Crippen LogP contribution in [0.15, 0.2) is 18.2 Å². The third-order valence-electron chi connectivity index (χ3n) is 2.74. The number of carbonyl (C=O) groups is 1. The second kappa shape index (κ2) is 4.14. The average molecular weight is 262 g/mol. The third kappa shape index (κ3) is 2.20. The zero-order valence-electron chi connectivity index (χ0n) is 8.79. The highest BCUT2D eigenvalue weighted by Crippen LogP contribution is 2.37. The van der Waals surface area contributed by atoms with Crippen molar-refractivity contribution in [3.05, 3.63) is 34.9 Å². The van der Waals surface area contributed by atoms with Crippen LogP contribution in [0.25, 0.3) is 0 Å². The van der Waals surface area contributed by atoms with E-state index in [0.29, 0.717) is 16.0 Å². The highest BCUT2D eigenvalue weighted by Gasteiger charge is 2.41. The number of amides is 1. The van der Waals surface area contributed by atoms with Crippen LogP contribution in [0.4, 0.5) is 13.6 Å². The van der Waals surface area contributed by atoms with Crippen LogP contribution in [0.3, 0.4) is 0 Å². The summed E-state index contributed by atoms with van der Waals surface area (Å²) in [7, 11) is 0. The maximum Gasteiger partial charge on any atom is 0.407 e. The summed E-state index contributed by atoms with van der Waals surface area (Å²) in [5.41, 5.74) is 0.916. The first kappa shape index (κ1) is 12.1. The van der Waals surface area contributed by atoms with E-state index in [9.17, 15) is 13.6 Å². The molecule has 1 amide bonds. The first-order chi connectivity index (χ1) is 7.94. The Morgan fingerprint density at radius 1 is 1.53 bits per heavy atom. The van der Waals surface area contributed by atoms with E-state index < -0.39 is 18.6 Å². The van der Waals surface area contributed by atoms with Crippen LogP contribution in [0.2, 0.25) is 0 Å². The van der Waals surface area contributed by atoms with Gasteiger partial charge in [-0.25, -0.2) is 4.79 Å². The van der Waals surface area contributed by atoms with Crippen LogP contribution < -0.4 is 0 Å². The van der Waals surface area contributed by atoms with Crippen LogP contribution in [0.1, 0.15) is 16.7 Å². The lowest BCUT2D eigenvalue weighted by Crippen LogP contribution is -2.43. The largest absolute Gasteiger partial charge is 0.465 e.